The summed E-state index contributed by atoms with van der Waals surface area (Å²) in [5.74, 6) is -13.0. The maximum absolute atomic E-state index is 14.4. The summed E-state index contributed by atoms with van der Waals surface area (Å²) in [5.41, 5.74) is 10.4. The highest BCUT2D eigenvalue weighted by molar-refractivity contribution is 8.00. The minimum atomic E-state index is -4.98. The molecule has 84 heavy (non-hydrogen) atoms. The zero-order chi connectivity index (χ0) is 62.6. The van der Waals surface area contributed by atoms with Gasteiger partial charge < -0.3 is 74.3 Å². The molecule has 2 aromatic carbocycles. The Kier molecular flexibility index (Phi) is 25.9. The Bertz CT molecular complexity index is 2780. The van der Waals surface area contributed by atoms with E-state index in [2.05, 4.69) is 57.7 Å². The van der Waals surface area contributed by atoms with Gasteiger partial charge in [-0.15, -0.1) is 11.8 Å². The van der Waals surface area contributed by atoms with E-state index >= 15 is 0 Å². The molecule has 0 unspecified atom stereocenters. The van der Waals surface area contributed by atoms with Crippen LogP contribution >= 0.6 is 19.6 Å². The predicted octanol–water partition coefficient (Wildman–Crippen LogP) is -2.69. The van der Waals surface area contributed by atoms with Crippen molar-refractivity contribution in [3.05, 3.63) is 59.7 Å². The van der Waals surface area contributed by atoms with Gasteiger partial charge in [-0.25, -0.2) is 4.57 Å². The number of carbonyl (C=O) groups excluding carboxylic acids is 12. The van der Waals surface area contributed by atoms with Crippen molar-refractivity contribution in [2.75, 3.05) is 18.1 Å². The van der Waals surface area contributed by atoms with Crippen LogP contribution in [0.25, 0.3) is 0 Å². The second kappa shape index (κ2) is 31.7. The molecule has 4 rings (SSSR count). The van der Waals surface area contributed by atoms with E-state index < -0.39 is 151 Å². The van der Waals surface area contributed by atoms with E-state index in [-0.39, 0.29) is 66.6 Å². The van der Waals surface area contributed by atoms with Gasteiger partial charge in [0.25, 0.3) is 0 Å². The van der Waals surface area contributed by atoms with Gasteiger partial charge >= 0.3 is 7.82 Å². The van der Waals surface area contributed by atoms with Crippen molar-refractivity contribution in [3.8, 4) is 11.5 Å². The van der Waals surface area contributed by atoms with Gasteiger partial charge in [0, 0.05) is 18.6 Å². The number of hydrogen-bond donors (Lipinski definition) is 15. The SMILES string of the molecule is CC(C)C[C@@H]1NC(=O)[C@H](C)NC(=O)CSC[C@@H](C(N)=O)NC(=O)C2(CCCCC2)NC(=O)[C@H](Cc2ccc(O)cc2)NC(=O)[C@H](C)NC(=O)CNC(=O)[C@H](C(C)C)NC(=O)[C@H](CC(N)=O)NC(=O)[C@H](Cc2ccc(OP(=O)(O)O)cc2)NC1=O. The first-order valence-corrected chi connectivity index (χ1v) is 29.8. The first kappa shape index (κ1) is 68.7. The summed E-state index contributed by atoms with van der Waals surface area (Å²) in [7, 11) is -4.98. The van der Waals surface area contributed by atoms with E-state index in [1.54, 1.807) is 13.8 Å². The van der Waals surface area contributed by atoms with Gasteiger partial charge in [-0.05, 0) is 80.3 Å². The molecule has 31 heteroatoms. The molecule has 1 saturated carbocycles. The zero-order valence-corrected chi connectivity index (χ0v) is 49.2. The molecule has 1 spiro atoms. The van der Waals surface area contributed by atoms with Crippen LogP contribution in [0, 0.1) is 11.8 Å². The van der Waals surface area contributed by atoms with Gasteiger partial charge in [0.1, 0.15) is 65.4 Å². The third kappa shape index (κ3) is 22.4. The van der Waals surface area contributed by atoms with E-state index in [1.165, 1.54) is 76.2 Å². The van der Waals surface area contributed by atoms with E-state index in [4.69, 9.17) is 11.5 Å². The Morgan fingerprint density at radius 2 is 1.14 bits per heavy atom. The first-order valence-electron chi connectivity index (χ1n) is 27.1. The number of rotatable bonds is 12. The summed E-state index contributed by atoms with van der Waals surface area (Å²) >= 11 is 0.875. The number of aromatic hydroxyl groups is 1. The second-order valence-corrected chi connectivity index (χ2v) is 23.6. The van der Waals surface area contributed by atoms with Crippen molar-refractivity contribution in [2.24, 2.45) is 23.3 Å². The summed E-state index contributed by atoms with van der Waals surface area (Å²) in [4.78, 5) is 183. The molecule has 29 nitrogen and oxygen atoms in total. The number of benzene rings is 2. The summed E-state index contributed by atoms with van der Waals surface area (Å²) in [6.07, 6.45) is 0.458. The van der Waals surface area contributed by atoms with Crippen LogP contribution in [-0.2, 0) is 74.9 Å². The fourth-order valence-electron chi connectivity index (χ4n) is 9.02. The number of phenolic OH excluding ortho intramolecular Hbond substituents is 1. The van der Waals surface area contributed by atoms with Crippen LogP contribution in [0.4, 0.5) is 0 Å². The summed E-state index contributed by atoms with van der Waals surface area (Å²) in [6, 6.07) is -0.997. The van der Waals surface area contributed by atoms with Crippen molar-refractivity contribution >= 4 is 90.5 Å². The van der Waals surface area contributed by atoms with E-state index in [9.17, 15) is 77.0 Å². The molecule has 12 amide bonds. The first-order chi connectivity index (χ1) is 39.3. The number of thioether (sulfide) groups is 1. The number of nitrogens with two attached hydrogens (primary N) is 2. The molecular formula is C53H77N12O17PS. The maximum atomic E-state index is 14.4. The minimum absolute atomic E-state index is 0.0243. The number of primary amides is 2. The van der Waals surface area contributed by atoms with Gasteiger partial charge in [-0.1, -0.05) is 71.2 Å². The number of amides is 12. The maximum Gasteiger partial charge on any atom is 0.524 e. The summed E-state index contributed by atoms with van der Waals surface area (Å²) in [6.45, 7) is 8.39. The quantitative estimate of drug-likeness (QED) is 0.0963. The molecule has 1 saturated heterocycles. The highest BCUT2D eigenvalue weighted by Crippen LogP contribution is 2.37. The Balaban J connectivity index is 1.72. The van der Waals surface area contributed by atoms with Crippen LogP contribution in [-0.4, -0.2) is 158 Å². The highest BCUT2D eigenvalue weighted by atomic mass is 32.2. The third-order valence-corrected chi connectivity index (χ3v) is 15.0. The average molecular weight is 1220 g/mol. The molecule has 17 N–H and O–H groups in total. The minimum Gasteiger partial charge on any atom is -0.508 e. The number of phosphoric ester groups is 1. The summed E-state index contributed by atoms with van der Waals surface area (Å²) in [5, 5.41) is 35.3. The smallest absolute Gasteiger partial charge is 0.508 e. The van der Waals surface area contributed by atoms with Gasteiger partial charge in [-0.3, -0.25) is 67.3 Å². The van der Waals surface area contributed by atoms with Crippen LogP contribution in [0.2, 0.25) is 0 Å². The van der Waals surface area contributed by atoms with Crippen LogP contribution in [0.1, 0.15) is 97.6 Å². The van der Waals surface area contributed by atoms with Gasteiger partial charge in [-0.2, -0.15) is 0 Å². The predicted molar refractivity (Wildman–Crippen MR) is 303 cm³/mol. The van der Waals surface area contributed by atoms with Crippen molar-refractivity contribution in [1.82, 2.24) is 53.2 Å². The normalized spacial score (nSPS) is 24.8. The molecule has 1 aliphatic heterocycles. The van der Waals surface area contributed by atoms with Crippen LogP contribution < -0.4 is 69.2 Å². The van der Waals surface area contributed by atoms with Crippen molar-refractivity contribution in [1.29, 1.82) is 0 Å². The molecule has 2 aromatic rings. The molecule has 0 radical (unpaired) electrons. The number of carbonyl (C=O) groups is 12. The van der Waals surface area contributed by atoms with Crippen LogP contribution in [0.5, 0.6) is 11.5 Å². The second-order valence-electron chi connectivity index (χ2n) is 21.4. The fourth-order valence-corrected chi connectivity index (χ4v) is 10.3. The number of phenols is 1. The molecule has 8 atom stereocenters. The monoisotopic (exact) mass is 1220 g/mol. The van der Waals surface area contributed by atoms with Gasteiger partial charge in [0.2, 0.25) is 70.9 Å². The molecule has 1 heterocycles. The van der Waals surface area contributed by atoms with Gasteiger partial charge in [0.15, 0.2) is 0 Å². The molecule has 0 aromatic heterocycles. The lowest BCUT2D eigenvalue weighted by atomic mass is 9.80. The summed E-state index contributed by atoms with van der Waals surface area (Å²) < 4.78 is 16.1. The number of hydrogen-bond acceptors (Lipinski definition) is 16. The molecule has 462 valence electrons. The molecule has 2 fully saturated rings. The van der Waals surface area contributed by atoms with E-state index in [0.717, 1.165) is 11.8 Å². The molecule has 1 aliphatic carbocycles. The number of phosphoric acid groups is 1. The standard InChI is InChI=1S/C53H77N12O17PS/c1-27(2)20-35-47(73)61-36(21-32-12-16-34(17-13-32)82-83(79,80)81)48(74)62-38(23-40(54)67)49(75)64-43(28(3)4)51(77)56-24-41(68)57-29(5)45(71)60-37(22-31-10-14-33(66)15-11-31)50(76)65-53(18-8-7-9-19-53)52(78)63-39(44(55)70)25-84-26-42(69)58-30(6)46(72)59-35/h10-17,27-30,35-39,43,66H,7-9,18-26H2,1-6H3,(H2,54,67)(H2,55,70)(H,56,77)(H,57,68)(H,58,69)(H,59,72)(H,60,71)(H,61,73)(H,62,74)(H,63,78)(H,64,75)(H,65,76)(H2,79,80,81)/t29-,30-,35-,36-,37-,38-,39-,43-/m0/s1. The Morgan fingerprint density at radius 1 is 0.643 bits per heavy atom. The lowest BCUT2D eigenvalue weighted by Gasteiger charge is -2.38. The van der Waals surface area contributed by atoms with Crippen LogP contribution in [0.15, 0.2) is 48.5 Å². The van der Waals surface area contributed by atoms with E-state index in [1.807, 2.05) is 0 Å². The topological polar surface area (TPSA) is 464 Å². The van der Waals surface area contributed by atoms with Crippen molar-refractivity contribution < 1.29 is 81.5 Å². The molecule has 2 aliphatic rings. The average Bonchev–Trinajstić information content (AvgIpc) is 3.52. The van der Waals surface area contributed by atoms with Crippen molar-refractivity contribution in [3.63, 3.8) is 0 Å². The van der Waals surface area contributed by atoms with Crippen molar-refractivity contribution in [2.45, 2.75) is 153 Å². The molecular weight excluding hydrogens is 1140 g/mol. The van der Waals surface area contributed by atoms with Gasteiger partial charge in [0.05, 0.1) is 18.7 Å². The Morgan fingerprint density at radius 3 is 1.68 bits per heavy atom. The van der Waals surface area contributed by atoms with E-state index in [0.29, 0.717) is 24.8 Å². The highest BCUT2D eigenvalue weighted by Gasteiger charge is 2.44. The Hall–Kier alpha value is -7.82. The lowest BCUT2D eigenvalue weighted by Crippen LogP contribution is -2.65. The number of nitrogens with one attached hydrogen (secondary N) is 10. The Labute approximate surface area is 489 Å². The lowest BCUT2D eigenvalue weighted by molar-refractivity contribution is -0.138. The third-order valence-electron chi connectivity index (χ3n) is 13.5. The largest absolute Gasteiger partial charge is 0.524 e. The van der Waals surface area contributed by atoms with Crippen LogP contribution in [0.3, 0.4) is 0 Å². The zero-order valence-electron chi connectivity index (χ0n) is 47.4. The fraction of sp³-hybridized carbons (Fsp3) is 0.547. The molecule has 0 bridgehead atoms.